The van der Waals surface area contributed by atoms with Crippen LogP contribution in [0, 0.1) is 6.92 Å². The molecule has 1 aliphatic carbocycles. The van der Waals surface area contributed by atoms with E-state index in [1.165, 1.54) is 0 Å². The zero-order valence-corrected chi connectivity index (χ0v) is 12.7. The smallest absolute Gasteiger partial charge is 0.305 e. The van der Waals surface area contributed by atoms with Gasteiger partial charge in [-0.3, -0.25) is 9.59 Å². The highest BCUT2D eigenvalue weighted by Gasteiger charge is 2.43. The number of carbonyl (C=O) groups is 2. The van der Waals surface area contributed by atoms with E-state index in [0.29, 0.717) is 0 Å². The van der Waals surface area contributed by atoms with Gasteiger partial charge in [-0.2, -0.15) is 0 Å². The second-order valence-corrected chi connectivity index (χ2v) is 6.13. The van der Waals surface area contributed by atoms with Gasteiger partial charge in [0.1, 0.15) is 0 Å². The van der Waals surface area contributed by atoms with Gasteiger partial charge in [0.25, 0.3) is 0 Å². The normalized spacial score (nSPS) is 18.2. The van der Waals surface area contributed by atoms with Gasteiger partial charge in [0.15, 0.2) is 0 Å². The Labute approximate surface area is 125 Å². The predicted octanol–water partition coefficient (Wildman–Crippen LogP) is 2.79. The fourth-order valence-corrected chi connectivity index (χ4v) is 3.24. The topological polar surface area (TPSA) is 66.4 Å². The van der Waals surface area contributed by atoms with Crippen molar-refractivity contribution in [1.82, 2.24) is 5.32 Å². The van der Waals surface area contributed by atoms with Crippen LogP contribution in [0.4, 0.5) is 0 Å². The minimum Gasteiger partial charge on any atom is -0.481 e. The van der Waals surface area contributed by atoms with E-state index in [-0.39, 0.29) is 18.4 Å². The Morgan fingerprint density at radius 2 is 2.00 bits per heavy atom. The molecule has 0 bridgehead atoms. The number of nitrogens with one attached hydrogen (secondary N) is 1. The summed E-state index contributed by atoms with van der Waals surface area (Å²) in [6, 6.07) is 7.75. The van der Waals surface area contributed by atoms with Crippen molar-refractivity contribution in [3.05, 3.63) is 35.4 Å². The summed E-state index contributed by atoms with van der Waals surface area (Å²) in [4.78, 5) is 23.5. The second kappa shape index (κ2) is 6.29. The first-order valence-electron chi connectivity index (χ1n) is 7.54. The first kappa shape index (κ1) is 15.5. The zero-order chi connectivity index (χ0) is 15.5. The van der Waals surface area contributed by atoms with Crippen LogP contribution in [0.2, 0.25) is 0 Å². The highest BCUT2D eigenvalue weighted by molar-refractivity contribution is 5.89. The Kier molecular flexibility index (Phi) is 4.66. The van der Waals surface area contributed by atoms with Crippen LogP contribution in [-0.2, 0) is 15.0 Å². The first-order chi connectivity index (χ1) is 9.94. The van der Waals surface area contributed by atoms with Crippen molar-refractivity contribution in [3.8, 4) is 0 Å². The molecule has 0 heterocycles. The molecule has 1 fully saturated rings. The van der Waals surface area contributed by atoms with Crippen LogP contribution in [0.15, 0.2) is 24.3 Å². The second-order valence-electron chi connectivity index (χ2n) is 6.13. The molecule has 2 N–H and O–H groups in total. The van der Waals surface area contributed by atoms with Crippen molar-refractivity contribution in [2.24, 2.45) is 0 Å². The predicted molar refractivity (Wildman–Crippen MR) is 81.2 cm³/mol. The maximum atomic E-state index is 12.8. The van der Waals surface area contributed by atoms with E-state index in [4.69, 9.17) is 5.11 Å². The van der Waals surface area contributed by atoms with E-state index in [1.54, 1.807) is 6.92 Å². The van der Waals surface area contributed by atoms with Gasteiger partial charge in [0, 0.05) is 6.04 Å². The van der Waals surface area contributed by atoms with E-state index in [2.05, 4.69) is 11.4 Å². The largest absolute Gasteiger partial charge is 0.481 e. The van der Waals surface area contributed by atoms with Crippen molar-refractivity contribution < 1.29 is 14.7 Å². The number of carboxylic acids is 1. The standard InChI is InChI=1S/C17H23NO3/c1-12-6-5-7-14(10-12)17(8-3-4-9-17)16(21)18-13(2)11-15(19)20/h5-7,10,13H,3-4,8-9,11H2,1-2H3,(H,18,21)(H,19,20). The molecule has 0 radical (unpaired) electrons. The van der Waals surface area contributed by atoms with Gasteiger partial charge in [-0.05, 0) is 32.3 Å². The summed E-state index contributed by atoms with van der Waals surface area (Å²) in [5, 5.41) is 11.7. The number of aryl methyl sites for hydroxylation is 1. The maximum Gasteiger partial charge on any atom is 0.305 e. The van der Waals surface area contributed by atoms with Gasteiger partial charge in [0.05, 0.1) is 11.8 Å². The zero-order valence-electron chi connectivity index (χ0n) is 12.7. The average molecular weight is 289 g/mol. The molecule has 0 saturated heterocycles. The number of carbonyl (C=O) groups excluding carboxylic acids is 1. The van der Waals surface area contributed by atoms with E-state index in [9.17, 15) is 9.59 Å². The number of hydrogen-bond donors (Lipinski definition) is 2. The van der Waals surface area contributed by atoms with Crippen molar-refractivity contribution in [2.75, 3.05) is 0 Å². The fourth-order valence-electron chi connectivity index (χ4n) is 3.24. The molecule has 4 nitrogen and oxygen atoms in total. The Hall–Kier alpha value is -1.84. The summed E-state index contributed by atoms with van der Waals surface area (Å²) >= 11 is 0. The van der Waals surface area contributed by atoms with Crippen LogP contribution < -0.4 is 5.32 Å². The van der Waals surface area contributed by atoms with Crippen LogP contribution in [0.5, 0.6) is 0 Å². The van der Waals surface area contributed by atoms with Gasteiger partial charge >= 0.3 is 5.97 Å². The lowest BCUT2D eigenvalue weighted by atomic mass is 9.77. The molecule has 4 heteroatoms. The number of aliphatic carboxylic acids is 1. The van der Waals surface area contributed by atoms with Crippen molar-refractivity contribution >= 4 is 11.9 Å². The lowest BCUT2D eigenvalue weighted by molar-refractivity contribution is -0.137. The van der Waals surface area contributed by atoms with E-state index >= 15 is 0 Å². The van der Waals surface area contributed by atoms with E-state index in [0.717, 1.165) is 36.8 Å². The van der Waals surface area contributed by atoms with Gasteiger partial charge in [0.2, 0.25) is 5.91 Å². The molecule has 0 spiro atoms. The fraction of sp³-hybridized carbons (Fsp3) is 0.529. The third kappa shape index (κ3) is 3.43. The maximum absolute atomic E-state index is 12.8. The van der Waals surface area contributed by atoms with Crippen molar-refractivity contribution in [2.45, 2.75) is 57.4 Å². The number of amides is 1. The highest BCUT2D eigenvalue weighted by atomic mass is 16.4. The molecule has 0 aromatic heterocycles. The number of hydrogen-bond acceptors (Lipinski definition) is 2. The monoisotopic (exact) mass is 289 g/mol. The summed E-state index contributed by atoms with van der Waals surface area (Å²) in [7, 11) is 0. The van der Waals surface area contributed by atoms with Crippen LogP contribution in [-0.4, -0.2) is 23.0 Å². The van der Waals surface area contributed by atoms with Gasteiger partial charge < -0.3 is 10.4 Å². The number of rotatable bonds is 5. The molecular formula is C17H23NO3. The quantitative estimate of drug-likeness (QED) is 0.876. The molecule has 1 unspecified atom stereocenters. The summed E-state index contributed by atoms with van der Waals surface area (Å²) < 4.78 is 0. The van der Waals surface area contributed by atoms with Crippen molar-refractivity contribution in [1.29, 1.82) is 0 Å². The third-order valence-corrected chi connectivity index (χ3v) is 4.32. The lowest BCUT2D eigenvalue weighted by Gasteiger charge is -2.30. The number of benzene rings is 1. The minimum atomic E-state index is -0.890. The summed E-state index contributed by atoms with van der Waals surface area (Å²) in [6.45, 7) is 3.77. The average Bonchev–Trinajstić information content (AvgIpc) is 2.88. The van der Waals surface area contributed by atoms with Crippen LogP contribution >= 0.6 is 0 Å². The minimum absolute atomic E-state index is 0.0284. The van der Waals surface area contributed by atoms with E-state index in [1.807, 2.05) is 25.1 Å². The van der Waals surface area contributed by atoms with E-state index < -0.39 is 11.4 Å². The molecular weight excluding hydrogens is 266 g/mol. The van der Waals surface area contributed by atoms with Crippen LogP contribution in [0.3, 0.4) is 0 Å². The summed E-state index contributed by atoms with van der Waals surface area (Å²) in [5.74, 6) is -0.918. The third-order valence-electron chi connectivity index (χ3n) is 4.32. The Morgan fingerprint density at radius 1 is 1.33 bits per heavy atom. The molecule has 1 aromatic rings. The first-order valence-corrected chi connectivity index (χ1v) is 7.54. The Morgan fingerprint density at radius 3 is 2.57 bits per heavy atom. The summed E-state index contributed by atoms with van der Waals surface area (Å²) in [5.41, 5.74) is 1.71. The molecule has 114 valence electrons. The molecule has 2 rings (SSSR count). The molecule has 1 aromatic carbocycles. The highest BCUT2D eigenvalue weighted by Crippen LogP contribution is 2.41. The van der Waals surface area contributed by atoms with Crippen LogP contribution in [0.25, 0.3) is 0 Å². The van der Waals surface area contributed by atoms with Gasteiger partial charge in [-0.15, -0.1) is 0 Å². The number of carboxylic acid groups (broad SMARTS) is 1. The molecule has 1 amide bonds. The Balaban J connectivity index is 2.22. The van der Waals surface area contributed by atoms with Gasteiger partial charge in [-0.25, -0.2) is 0 Å². The van der Waals surface area contributed by atoms with Crippen LogP contribution in [0.1, 0.15) is 50.2 Å². The lowest BCUT2D eigenvalue weighted by Crippen LogP contribution is -2.46. The van der Waals surface area contributed by atoms with Gasteiger partial charge in [-0.1, -0.05) is 42.7 Å². The van der Waals surface area contributed by atoms with Crippen molar-refractivity contribution in [3.63, 3.8) is 0 Å². The molecule has 1 atom stereocenters. The summed E-state index contributed by atoms with van der Waals surface area (Å²) in [6.07, 6.45) is 3.70. The molecule has 1 aliphatic rings. The molecule has 0 aliphatic heterocycles. The SMILES string of the molecule is Cc1cccc(C2(C(=O)NC(C)CC(=O)O)CCCC2)c1. The molecule has 1 saturated carbocycles. The molecule has 21 heavy (non-hydrogen) atoms. The Bertz CT molecular complexity index is 533.